The highest BCUT2D eigenvalue weighted by Crippen LogP contribution is 2.17. The van der Waals surface area contributed by atoms with Crippen molar-refractivity contribution in [3.8, 4) is 0 Å². The summed E-state index contributed by atoms with van der Waals surface area (Å²) in [5.74, 6) is -1.84. The number of hydrogen-bond donors (Lipinski definition) is 2. The molecule has 54 valence electrons. The van der Waals surface area contributed by atoms with Crippen LogP contribution in [0.4, 0.5) is 0 Å². The Bertz CT molecular complexity index is 80.3. The van der Waals surface area contributed by atoms with E-state index in [2.05, 4.69) is 0 Å². The first-order valence-electron chi connectivity index (χ1n) is 3.29. The normalized spacial score (nSPS) is 27.3. The van der Waals surface area contributed by atoms with Gasteiger partial charge in [0.25, 0.3) is 5.97 Å². The van der Waals surface area contributed by atoms with Crippen molar-refractivity contribution in [2.45, 2.75) is 31.7 Å². The average molecular weight is 132 g/mol. The van der Waals surface area contributed by atoms with Crippen molar-refractivity contribution in [2.75, 3.05) is 6.61 Å². The number of rotatable bonds is 0. The van der Waals surface area contributed by atoms with Gasteiger partial charge in [0.05, 0.1) is 6.61 Å². The summed E-state index contributed by atoms with van der Waals surface area (Å²) < 4.78 is 4.70. The van der Waals surface area contributed by atoms with Gasteiger partial charge in [0, 0.05) is 6.42 Å². The monoisotopic (exact) mass is 132 g/mol. The Morgan fingerprint density at radius 1 is 1.11 bits per heavy atom. The topological polar surface area (TPSA) is 49.7 Å². The van der Waals surface area contributed by atoms with Crippen molar-refractivity contribution < 1.29 is 14.9 Å². The molecule has 0 bridgehead atoms. The maximum Gasteiger partial charge on any atom is 0.277 e. The van der Waals surface area contributed by atoms with E-state index in [1.165, 1.54) is 0 Å². The molecule has 0 spiro atoms. The van der Waals surface area contributed by atoms with E-state index in [0.29, 0.717) is 13.0 Å². The Hall–Kier alpha value is -0.120. The Balaban J connectivity index is 2.36. The molecule has 1 saturated heterocycles. The molecular formula is C6H12O3. The zero-order chi connectivity index (χ0) is 6.74. The lowest BCUT2D eigenvalue weighted by atomic mass is 10.2. The molecule has 2 N–H and O–H groups in total. The Morgan fingerprint density at radius 2 is 1.89 bits per heavy atom. The number of ether oxygens (including phenoxy) is 1. The second-order valence-corrected chi connectivity index (χ2v) is 2.40. The summed E-state index contributed by atoms with van der Waals surface area (Å²) in [4.78, 5) is 0. The lowest BCUT2D eigenvalue weighted by Gasteiger charge is -2.17. The van der Waals surface area contributed by atoms with Crippen molar-refractivity contribution in [3.05, 3.63) is 0 Å². The van der Waals surface area contributed by atoms with Crippen LogP contribution in [0.2, 0.25) is 0 Å². The first kappa shape index (κ1) is 6.99. The van der Waals surface area contributed by atoms with Gasteiger partial charge in [-0.25, -0.2) is 0 Å². The van der Waals surface area contributed by atoms with Gasteiger partial charge in [0.15, 0.2) is 0 Å². The zero-order valence-electron chi connectivity index (χ0n) is 5.34. The van der Waals surface area contributed by atoms with Gasteiger partial charge in [-0.3, -0.25) is 0 Å². The van der Waals surface area contributed by atoms with Crippen LogP contribution in [-0.4, -0.2) is 22.8 Å². The van der Waals surface area contributed by atoms with E-state index >= 15 is 0 Å². The highest BCUT2D eigenvalue weighted by atomic mass is 16.8. The molecule has 0 saturated carbocycles. The van der Waals surface area contributed by atoms with Crippen molar-refractivity contribution >= 4 is 0 Å². The molecule has 3 nitrogen and oxygen atoms in total. The third kappa shape index (κ3) is 2.30. The van der Waals surface area contributed by atoms with Crippen molar-refractivity contribution in [1.29, 1.82) is 0 Å². The van der Waals surface area contributed by atoms with Crippen LogP contribution < -0.4 is 0 Å². The summed E-state index contributed by atoms with van der Waals surface area (Å²) in [6, 6.07) is 0. The van der Waals surface area contributed by atoms with Gasteiger partial charge >= 0.3 is 0 Å². The van der Waals surface area contributed by atoms with Crippen LogP contribution in [0.5, 0.6) is 0 Å². The van der Waals surface area contributed by atoms with Crippen molar-refractivity contribution in [3.63, 3.8) is 0 Å². The van der Waals surface area contributed by atoms with Crippen LogP contribution in [0.1, 0.15) is 25.7 Å². The fourth-order valence-electron chi connectivity index (χ4n) is 0.942. The molecule has 3 heteroatoms. The van der Waals surface area contributed by atoms with Gasteiger partial charge in [-0.15, -0.1) is 0 Å². The minimum atomic E-state index is -1.84. The summed E-state index contributed by atoms with van der Waals surface area (Å²) >= 11 is 0. The molecule has 1 aliphatic heterocycles. The van der Waals surface area contributed by atoms with Crippen LogP contribution in [-0.2, 0) is 4.74 Å². The van der Waals surface area contributed by atoms with Gasteiger partial charge in [-0.2, -0.15) is 0 Å². The Morgan fingerprint density at radius 3 is 2.67 bits per heavy atom. The number of hydrogen-bond acceptors (Lipinski definition) is 3. The maximum atomic E-state index is 8.89. The van der Waals surface area contributed by atoms with Crippen LogP contribution in [0, 0.1) is 0 Å². The predicted molar refractivity (Wildman–Crippen MR) is 31.6 cm³/mol. The lowest BCUT2D eigenvalue weighted by molar-refractivity contribution is -0.336. The maximum absolute atomic E-state index is 8.89. The van der Waals surface area contributed by atoms with E-state index in [0.717, 1.165) is 19.3 Å². The molecule has 0 unspecified atom stereocenters. The van der Waals surface area contributed by atoms with Gasteiger partial charge in [-0.05, 0) is 12.8 Å². The Kier molecular flexibility index (Phi) is 2.05. The van der Waals surface area contributed by atoms with E-state index in [1.807, 2.05) is 0 Å². The van der Waals surface area contributed by atoms with Crippen molar-refractivity contribution in [2.24, 2.45) is 0 Å². The van der Waals surface area contributed by atoms with Crippen LogP contribution in [0.25, 0.3) is 0 Å². The average Bonchev–Trinajstić information content (AvgIpc) is 1.92. The zero-order valence-corrected chi connectivity index (χ0v) is 5.34. The smallest absolute Gasteiger partial charge is 0.277 e. The van der Waals surface area contributed by atoms with Gasteiger partial charge in [0.1, 0.15) is 0 Å². The van der Waals surface area contributed by atoms with Crippen LogP contribution >= 0.6 is 0 Å². The van der Waals surface area contributed by atoms with E-state index in [-0.39, 0.29) is 0 Å². The molecule has 1 fully saturated rings. The molecule has 0 amide bonds. The predicted octanol–water partition coefficient (Wildman–Crippen LogP) is 0.215. The van der Waals surface area contributed by atoms with E-state index < -0.39 is 5.97 Å². The SMILES string of the molecule is OC1(O)CCCCCO1. The molecule has 0 aliphatic carbocycles. The summed E-state index contributed by atoms with van der Waals surface area (Å²) in [7, 11) is 0. The molecule has 0 radical (unpaired) electrons. The molecule has 0 aromatic rings. The van der Waals surface area contributed by atoms with Crippen LogP contribution in [0.3, 0.4) is 0 Å². The first-order valence-corrected chi connectivity index (χ1v) is 3.29. The summed E-state index contributed by atoms with van der Waals surface area (Å²) in [6.45, 7) is 0.465. The number of aliphatic hydroxyl groups is 2. The van der Waals surface area contributed by atoms with Crippen LogP contribution in [0.15, 0.2) is 0 Å². The molecule has 0 aromatic carbocycles. The van der Waals surface area contributed by atoms with E-state index in [1.54, 1.807) is 0 Å². The summed E-state index contributed by atoms with van der Waals surface area (Å²) in [5.41, 5.74) is 0. The lowest BCUT2D eigenvalue weighted by Crippen LogP contribution is -2.30. The van der Waals surface area contributed by atoms with Crippen molar-refractivity contribution in [1.82, 2.24) is 0 Å². The van der Waals surface area contributed by atoms with Gasteiger partial charge in [-0.1, -0.05) is 6.42 Å². The molecule has 0 atom stereocenters. The molecule has 1 aliphatic rings. The molecular weight excluding hydrogens is 120 g/mol. The van der Waals surface area contributed by atoms with Gasteiger partial charge in [0.2, 0.25) is 0 Å². The quantitative estimate of drug-likeness (QED) is 0.463. The third-order valence-corrected chi connectivity index (χ3v) is 1.48. The molecule has 9 heavy (non-hydrogen) atoms. The largest absolute Gasteiger partial charge is 0.343 e. The molecule has 0 aromatic heterocycles. The fraction of sp³-hybridized carbons (Fsp3) is 1.00. The minimum absolute atomic E-state index is 0.340. The van der Waals surface area contributed by atoms with E-state index in [4.69, 9.17) is 14.9 Å². The first-order chi connectivity index (χ1) is 4.21. The Labute approximate surface area is 54.3 Å². The highest BCUT2D eigenvalue weighted by Gasteiger charge is 2.24. The van der Waals surface area contributed by atoms with E-state index in [9.17, 15) is 0 Å². The minimum Gasteiger partial charge on any atom is -0.343 e. The fourth-order valence-corrected chi connectivity index (χ4v) is 0.942. The summed E-state index contributed by atoms with van der Waals surface area (Å²) in [5, 5.41) is 17.8. The molecule has 1 rings (SSSR count). The third-order valence-electron chi connectivity index (χ3n) is 1.48. The second kappa shape index (κ2) is 2.64. The summed E-state index contributed by atoms with van der Waals surface area (Å²) in [6.07, 6.45) is 3.14. The van der Waals surface area contributed by atoms with Gasteiger partial charge < -0.3 is 14.9 Å². The standard InChI is InChI=1S/C6H12O3/c7-6(8)4-2-1-3-5-9-6/h7-8H,1-5H2. The second-order valence-electron chi connectivity index (χ2n) is 2.40. The molecule has 1 heterocycles. The highest BCUT2D eigenvalue weighted by molar-refractivity contribution is 4.56.